The largest absolute Gasteiger partial charge is 0.264 e. The molecule has 2 aromatic rings. The van der Waals surface area contributed by atoms with E-state index in [2.05, 4.69) is 9.71 Å². The highest BCUT2D eigenvalue weighted by molar-refractivity contribution is 7.92. The number of benzene rings is 1. The first-order valence-corrected chi connectivity index (χ1v) is 10.7. The van der Waals surface area contributed by atoms with Gasteiger partial charge in [-0.3, -0.25) is 4.98 Å². The van der Waals surface area contributed by atoms with E-state index in [1.165, 1.54) is 38.4 Å². The van der Waals surface area contributed by atoms with Gasteiger partial charge in [-0.25, -0.2) is 25.9 Å². The number of halogens is 1. The Hall–Kier alpha value is -1.84. The first-order chi connectivity index (χ1) is 11.7. The molecule has 1 atom stereocenters. The average Bonchev–Trinajstić information content (AvgIpc) is 2.58. The molecule has 136 valence electrons. The van der Waals surface area contributed by atoms with Gasteiger partial charge in [0, 0.05) is 18.9 Å². The fraction of sp³-hybridized carbons (Fsp3) is 0.312. The maximum absolute atomic E-state index is 13.5. The highest BCUT2D eigenvalue weighted by Gasteiger charge is 2.30. The Bertz CT molecular complexity index is 945. The SMILES string of the molecule is CCS(=O)(=O)NCC(c1cccnc1)S(=O)(=O)c1ccc(F)c(C)c1. The summed E-state index contributed by atoms with van der Waals surface area (Å²) >= 11 is 0. The van der Waals surface area contributed by atoms with Crippen molar-refractivity contribution in [2.24, 2.45) is 0 Å². The summed E-state index contributed by atoms with van der Waals surface area (Å²) in [5.41, 5.74) is 0.545. The molecule has 0 aliphatic rings. The van der Waals surface area contributed by atoms with E-state index in [9.17, 15) is 21.2 Å². The summed E-state index contributed by atoms with van der Waals surface area (Å²) in [6.45, 7) is 2.59. The number of aromatic nitrogens is 1. The Morgan fingerprint density at radius 1 is 1.20 bits per heavy atom. The van der Waals surface area contributed by atoms with Crippen LogP contribution in [0, 0.1) is 12.7 Å². The fourth-order valence-electron chi connectivity index (χ4n) is 2.24. The molecule has 0 amide bonds. The Morgan fingerprint density at radius 2 is 1.92 bits per heavy atom. The van der Waals surface area contributed by atoms with Crippen molar-refractivity contribution in [2.75, 3.05) is 12.3 Å². The normalized spacial score (nSPS) is 13.6. The van der Waals surface area contributed by atoms with Crippen LogP contribution in [0.3, 0.4) is 0 Å². The zero-order chi connectivity index (χ0) is 18.7. The van der Waals surface area contributed by atoms with Crippen LogP contribution in [0.15, 0.2) is 47.6 Å². The third kappa shape index (κ3) is 4.62. The van der Waals surface area contributed by atoms with Gasteiger partial charge in [-0.2, -0.15) is 0 Å². The lowest BCUT2D eigenvalue weighted by Gasteiger charge is -2.19. The molecule has 0 saturated carbocycles. The average molecular weight is 386 g/mol. The second kappa shape index (κ2) is 7.59. The van der Waals surface area contributed by atoms with Gasteiger partial charge in [0.05, 0.1) is 10.6 Å². The van der Waals surface area contributed by atoms with Gasteiger partial charge >= 0.3 is 0 Å². The lowest BCUT2D eigenvalue weighted by Crippen LogP contribution is -2.33. The minimum absolute atomic E-state index is 0.0732. The van der Waals surface area contributed by atoms with Crippen LogP contribution in [0.4, 0.5) is 4.39 Å². The monoisotopic (exact) mass is 386 g/mol. The number of hydrogen-bond donors (Lipinski definition) is 1. The van der Waals surface area contributed by atoms with E-state index >= 15 is 0 Å². The number of nitrogens with one attached hydrogen (secondary N) is 1. The molecule has 2 rings (SSSR count). The minimum Gasteiger partial charge on any atom is -0.264 e. The molecule has 1 aromatic heterocycles. The van der Waals surface area contributed by atoms with Crippen LogP contribution in [0.2, 0.25) is 0 Å². The number of sulfone groups is 1. The van der Waals surface area contributed by atoms with Crippen LogP contribution in [-0.2, 0) is 19.9 Å². The topological polar surface area (TPSA) is 93.2 Å². The van der Waals surface area contributed by atoms with Gasteiger partial charge in [-0.1, -0.05) is 6.07 Å². The van der Waals surface area contributed by atoms with Gasteiger partial charge in [-0.15, -0.1) is 0 Å². The third-order valence-corrected chi connectivity index (χ3v) is 7.22. The first-order valence-electron chi connectivity index (χ1n) is 7.54. The van der Waals surface area contributed by atoms with Crippen molar-refractivity contribution in [3.8, 4) is 0 Å². The fourth-order valence-corrected chi connectivity index (χ4v) is 4.69. The van der Waals surface area contributed by atoms with Gasteiger partial charge in [0.1, 0.15) is 11.1 Å². The molecule has 0 radical (unpaired) electrons. The maximum atomic E-state index is 13.5. The van der Waals surface area contributed by atoms with Crippen molar-refractivity contribution in [1.82, 2.24) is 9.71 Å². The molecule has 25 heavy (non-hydrogen) atoms. The number of hydrogen-bond acceptors (Lipinski definition) is 5. The molecular weight excluding hydrogens is 367 g/mol. The lowest BCUT2D eigenvalue weighted by molar-refractivity contribution is 0.568. The van der Waals surface area contributed by atoms with Crippen LogP contribution in [0.1, 0.15) is 23.3 Å². The summed E-state index contributed by atoms with van der Waals surface area (Å²) in [6, 6.07) is 6.63. The molecule has 1 aromatic carbocycles. The van der Waals surface area contributed by atoms with Gasteiger partial charge in [0.15, 0.2) is 9.84 Å². The van der Waals surface area contributed by atoms with E-state index in [1.807, 2.05) is 0 Å². The molecule has 1 heterocycles. The van der Waals surface area contributed by atoms with Crippen LogP contribution in [-0.4, -0.2) is 34.1 Å². The summed E-state index contributed by atoms with van der Waals surface area (Å²) in [5.74, 6) is -0.675. The van der Waals surface area contributed by atoms with Crippen molar-refractivity contribution < 1.29 is 21.2 Å². The highest BCUT2D eigenvalue weighted by atomic mass is 32.2. The number of rotatable bonds is 7. The second-order valence-corrected chi connectivity index (χ2v) is 9.71. The summed E-state index contributed by atoms with van der Waals surface area (Å²) in [7, 11) is -7.53. The molecule has 1 unspecified atom stereocenters. The molecule has 6 nitrogen and oxygen atoms in total. The summed E-state index contributed by atoms with van der Waals surface area (Å²) < 4.78 is 65.3. The number of aryl methyl sites for hydroxylation is 1. The summed E-state index contributed by atoms with van der Waals surface area (Å²) in [5, 5.41) is -1.17. The quantitative estimate of drug-likeness (QED) is 0.735. The molecule has 0 saturated heterocycles. The molecular formula is C16H19FN2O4S2. The Morgan fingerprint density at radius 3 is 2.48 bits per heavy atom. The van der Waals surface area contributed by atoms with Gasteiger partial charge in [-0.05, 0) is 49.2 Å². The predicted octanol–water partition coefficient (Wildman–Crippen LogP) is 1.98. The second-order valence-electron chi connectivity index (χ2n) is 5.48. The number of pyridine rings is 1. The van der Waals surface area contributed by atoms with Crippen molar-refractivity contribution >= 4 is 19.9 Å². The molecule has 0 aliphatic carbocycles. The molecule has 9 heteroatoms. The molecule has 0 spiro atoms. The zero-order valence-corrected chi connectivity index (χ0v) is 15.4. The van der Waals surface area contributed by atoms with E-state index in [1.54, 1.807) is 12.1 Å². The van der Waals surface area contributed by atoms with Crippen LogP contribution in [0.25, 0.3) is 0 Å². The van der Waals surface area contributed by atoms with Crippen molar-refractivity contribution in [1.29, 1.82) is 0 Å². The standard InChI is InChI=1S/C16H19FN2O4S2/c1-3-24(20,21)19-11-16(13-5-4-8-18-10-13)25(22,23)14-6-7-15(17)12(2)9-14/h4-10,16,19H,3,11H2,1-2H3. The lowest BCUT2D eigenvalue weighted by atomic mass is 10.2. The van der Waals surface area contributed by atoms with E-state index in [0.29, 0.717) is 5.56 Å². The van der Waals surface area contributed by atoms with Crippen LogP contribution < -0.4 is 4.72 Å². The van der Waals surface area contributed by atoms with Crippen LogP contribution in [0.5, 0.6) is 0 Å². The van der Waals surface area contributed by atoms with Crippen LogP contribution >= 0.6 is 0 Å². The smallest absolute Gasteiger partial charge is 0.211 e. The van der Waals surface area contributed by atoms with Crippen molar-refractivity contribution in [3.63, 3.8) is 0 Å². The van der Waals surface area contributed by atoms with Gasteiger partial charge in [0.25, 0.3) is 0 Å². The molecule has 0 bridgehead atoms. The van der Waals surface area contributed by atoms with E-state index in [-0.39, 0.29) is 22.8 Å². The maximum Gasteiger partial charge on any atom is 0.211 e. The van der Waals surface area contributed by atoms with Crippen molar-refractivity contribution in [3.05, 3.63) is 59.7 Å². The van der Waals surface area contributed by atoms with Gasteiger partial charge in [0.2, 0.25) is 10.0 Å². The molecule has 1 N–H and O–H groups in total. The number of nitrogens with zero attached hydrogens (tertiary/aromatic N) is 1. The zero-order valence-electron chi connectivity index (χ0n) is 13.8. The highest BCUT2D eigenvalue weighted by Crippen LogP contribution is 2.29. The summed E-state index contributed by atoms with van der Waals surface area (Å²) in [4.78, 5) is 3.83. The molecule has 0 fully saturated rings. The van der Waals surface area contributed by atoms with E-state index in [0.717, 1.165) is 6.07 Å². The first kappa shape index (κ1) is 19.5. The summed E-state index contributed by atoms with van der Waals surface area (Å²) in [6.07, 6.45) is 2.87. The van der Waals surface area contributed by atoms with E-state index < -0.39 is 30.9 Å². The number of sulfonamides is 1. The van der Waals surface area contributed by atoms with E-state index in [4.69, 9.17) is 0 Å². The minimum atomic E-state index is -3.96. The Kier molecular flexibility index (Phi) is 5.91. The van der Waals surface area contributed by atoms with Crippen molar-refractivity contribution in [2.45, 2.75) is 24.0 Å². The Labute approximate surface area is 147 Å². The Balaban J connectivity index is 2.48. The predicted molar refractivity (Wildman–Crippen MR) is 92.8 cm³/mol. The third-order valence-electron chi connectivity index (χ3n) is 3.76. The van der Waals surface area contributed by atoms with Gasteiger partial charge < -0.3 is 0 Å². The molecule has 0 aliphatic heterocycles.